The SMILES string of the molecule is CCCCCCCCCCCCCCCCCCCCCCCCC(=O)OC(COC(=O)CCCCCCCCCCCCCCCCCCCCCC)COP(=O)(O)OCC(N)C(=O)O. The molecule has 0 aromatic rings. The summed E-state index contributed by atoms with van der Waals surface area (Å²) in [5.74, 6) is -2.35. The topological polar surface area (TPSA) is 172 Å². The second-order valence-corrected chi connectivity index (χ2v) is 20.9. The molecule has 0 fully saturated rings. The van der Waals surface area contributed by atoms with Crippen molar-refractivity contribution in [2.75, 3.05) is 19.8 Å². The number of phosphoric acid groups is 1. The minimum Gasteiger partial charge on any atom is -0.480 e. The van der Waals surface area contributed by atoms with E-state index in [2.05, 4.69) is 13.8 Å². The number of ether oxygens (including phenoxy) is 2. The Morgan fingerprint density at radius 3 is 0.955 bits per heavy atom. The van der Waals surface area contributed by atoms with Crippen LogP contribution in [0.4, 0.5) is 0 Å². The van der Waals surface area contributed by atoms with Gasteiger partial charge in [0.15, 0.2) is 6.10 Å². The molecule has 0 rings (SSSR count). The normalized spacial score (nSPS) is 13.4. The number of rotatable bonds is 54. The quantitative estimate of drug-likeness (QED) is 0.0301. The zero-order valence-corrected chi connectivity index (χ0v) is 44.0. The highest BCUT2D eigenvalue weighted by atomic mass is 31.2. The highest BCUT2D eigenvalue weighted by Gasteiger charge is 2.28. The van der Waals surface area contributed by atoms with Crippen molar-refractivity contribution in [3.8, 4) is 0 Å². The lowest BCUT2D eigenvalue weighted by Crippen LogP contribution is -2.34. The molecule has 3 unspecified atom stereocenters. The maximum absolute atomic E-state index is 12.7. The molecule has 3 atom stereocenters. The summed E-state index contributed by atoms with van der Waals surface area (Å²) in [6.45, 7) is 2.89. The molecule has 0 radical (unpaired) electrons. The smallest absolute Gasteiger partial charge is 0.472 e. The van der Waals surface area contributed by atoms with E-state index in [1.165, 1.54) is 218 Å². The van der Waals surface area contributed by atoms with Crippen molar-refractivity contribution < 1.29 is 47.5 Å². The second kappa shape index (κ2) is 49.9. The fourth-order valence-corrected chi connectivity index (χ4v) is 9.26. The predicted octanol–water partition coefficient (Wildman–Crippen LogP) is 16.2. The first-order chi connectivity index (χ1) is 32.1. The van der Waals surface area contributed by atoms with Gasteiger partial charge in [-0.25, -0.2) is 4.57 Å². The summed E-state index contributed by atoms with van der Waals surface area (Å²) < 4.78 is 32.9. The Bertz CT molecular complexity index is 1130. The summed E-state index contributed by atoms with van der Waals surface area (Å²) in [4.78, 5) is 46.3. The van der Waals surface area contributed by atoms with E-state index in [1.54, 1.807) is 0 Å². The number of carboxylic acid groups (broad SMARTS) is 1. The molecule has 0 amide bonds. The van der Waals surface area contributed by atoms with E-state index in [0.29, 0.717) is 12.8 Å². The first-order valence-electron chi connectivity index (χ1n) is 28.1. The van der Waals surface area contributed by atoms with Gasteiger partial charge in [0.2, 0.25) is 0 Å². The number of phosphoric ester groups is 1. The zero-order chi connectivity index (χ0) is 48.4. The summed E-state index contributed by atoms with van der Waals surface area (Å²) in [6.07, 6.45) is 53.1. The van der Waals surface area contributed by atoms with Gasteiger partial charge in [-0.3, -0.25) is 23.4 Å². The van der Waals surface area contributed by atoms with Crippen molar-refractivity contribution in [1.82, 2.24) is 0 Å². The number of carbonyl (C=O) groups is 3. The van der Waals surface area contributed by atoms with Gasteiger partial charge in [0.25, 0.3) is 0 Å². The van der Waals surface area contributed by atoms with Crippen LogP contribution < -0.4 is 5.73 Å². The van der Waals surface area contributed by atoms with E-state index in [0.717, 1.165) is 38.5 Å². The van der Waals surface area contributed by atoms with Crippen LogP contribution in [0.15, 0.2) is 0 Å². The molecule has 0 aliphatic carbocycles. The molecular weight excluding hydrogens is 854 g/mol. The van der Waals surface area contributed by atoms with Gasteiger partial charge in [0.05, 0.1) is 13.2 Å². The zero-order valence-electron chi connectivity index (χ0n) is 43.1. The van der Waals surface area contributed by atoms with E-state index in [9.17, 15) is 23.8 Å². The van der Waals surface area contributed by atoms with Crippen molar-refractivity contribution in [2.24, 2.45) is 5.73 Å². The van der Waals surface area contributed by atoms with Crippen LogP contribution in [-0.2, 0) is 37.5 Å². The maximum Gasteiger partial charge on any atom is 0.472 e. The summed E-state index contributed by atoms with van der Waals surface area (Å²) in [5.41, 5.74) is 5.36. The number of nitrogens with two attached hydrogens (primary N) is 1. The first kappa shape index (κ1) is 64.5. The Kier molecular flexibility index (Phi) is 48.7. The van der Waals surface area contributed by atoms with Gasteiger partial charge in [-0.15, -0.1) is 0 Å². The van der Waals surface area contributed by atoms with E-state index >= 15 is 0 Å². The average Bonchev–Trinajstić information content (AvgIpc) is 3.30. The minimum atomic E-state index is -4.72. The van der Waals surface area contributed by atoms with Gasteiger partial charge in [-0.2, -0.15) is 0 Å². The molecule has 0 saturated carbocycles. The lowest BCUT2D eigenvalue weighted by Gasteiger charge is -2.20. The lowest BCUT2D eigenvalue weighted by molar-refractivity contribution is -0.161. The largest absolute Gasteiger partial charge is 0.480 e. The van der Waals surface area contributed by atoms with Gasteiger partial charge < -0.3 is 25.2 Å². The van der Waals surface area contributed by atoms with Crippen molar-refractivity contribution >= 4 is 25.7 Å². The Balaban J connectivity index is 4.13. The predicted molar refractivity (Wildman–Crippen MR) is 273 cm³/mol. The summed E-state index contributed by atoms with van der Waals surface area (Å²) in [7, 11) is -4.72. The van der Waals surface area contributed by atoms with Gasteiger partial charge in [0.1, 0.15) is 12.6 Å². The van der Waals surface area contributed by atoms with Crippen LogP contribution >= 0.6 is 7.82 Å². The fraction of sp³-hybridized carbons (Fsp3) is 0.944. The molecule has 4 N–H and O–H groups in total. The highest BCUT2D eigenvalue weighted by Crippen LogP contribution is 2.43. The average molecular weight is 960 g/mol. The molecule has 0 bridgehead atoms. The Morgan fingerprint density at radius 2 is 0.667 bits per heavy atom. The maximum atomic E-state index is 12.7. The lowest BCUT2D eigenvalue weighted by atomic mass is 10.0. The first-order valence-corrected chi connectivity index (χ1v) is 29.6. The molecule has 11 nitrogen and oxygen atoms in total. The molecule has 12 heteroatoms. The fourth-order valence-electron chi connectivity index (χ4n) is 8.48. The molecular formula is C54H106NO10P. The van der Waals surface area contributed by atoms with Crippen LogP contribution in [0.2, 0.25) is 0 Å². The number of hydrogen-bond acceptors (Lipinski definition) is 9. The van der Waals surface area contributed by atoms with Gasteiger partial charge >= 0.3 is 25.7 Å². The molecule has 0 aliphatic heterocycles. The van der Waals surface area contributed by atoms with Gasteiger partial charge in [-0.05, 0) is 12.8 Å². The molecule has 0 spiro atoms. The molecule has 0 heterocycles. The van der Waals surface area contributed by atoms with Crippen LogP contribution in [0.5, 0.6) is 0 Å². The van der Waals surface area contributed by atoms with E-state index in [4.69, 9.17) is 29.4 Å². The van der Waals surface area contributed by atoms with Crippen molar-refractivity contribution in [3.05, 3.63) is 0 Å². The number of carbonyl (C=O) groups excluding carboxylic acids is 2. The molecule has 0 aromatic heterocycles. The van der Waals surface area contributed by atoms with Crippen LogP contribution in [0, 0.1) is 0 Å². The van der Waals surface area contributed by atoms with Crippen molar-refractivity contribution in [2.45, 2.75) is 309 Å². The van der Waals surface area contributed by atoms with Crippen LogP contribution in [0.1, 0.15) is 296 Å². The van der Waals surface area contributed by atoms with E-state index in [1.807, 2.05) is 0 Å². The number of carboxylic acids is 1. The van der Waals surface area contributed by atoms with Crippen LogP contribution in [0.3, 0.4) is 0 Å². The Hall–Kier alpha value is -1.52. The third kappa shape index (κ3) is 48.9. The summed E-state index contributed by atoms with van der Waals surface area (Å²) >= 11 is 0. The molecule has 0 aromatic carbocycles. The monoisotopic (exact) mass is 960 g/mol. The second-order valence-electron chi connectivity index (χ2n) is 19.4. The van der Waals surface area contributed by atoms with Crippen molar-refractivity contribution in [1.29, 1.82) is 0 Å². The Morgan fingerprint density at radius 1 is 0.409 bits per heavy atom. The molecule has 0 aliphatic rings. The summed E-state index contributed by atoms with van der Waals surface area (Å²) in [5, 5.41) is 8.94. The minimum absolute atomic E-state index is 0.170. The van der Waals surface area contributed by atoms with E-state index in [-0.39, 0.29) is 19.4 Å². The highest BCUT2D eigenvalue weighted by molar-refractivity contribution is 7.47. The van der Waals surface area contributed by atoms with Crippen LogP contribution in [0.25, 0.3) is 0 Å². The number of aliphatic carboxylic acids is 1. The summed E-state index contributed by atoms with van der Waals surface area (Å²) in [6, 6.07) is -1.52. The third-order valence-electron chi connectivity index (χ3n) is 12.9. The van der Waals surface area contributed by atoms with Crippen LogP contribution in [-0.4, -0.2) is 59.9 Å². The molecule has 0 saturated heterocycles. The number of esters is 2. The van der Waals surface area contributed by atoms with Crippen molar-refractivity contribution in [3.63, 3.8) is 0 Å². The third-order valence-corrected chi connectivity index (χ3v) is 13.8. The van der Waals surface area contributed by atoms with E-state index < -0.39 is 51.1 Å². The number of unbranched alkanes of at least 4 members (excludes halogenated alkanes) is 40. The van der Waals surface area contributed by atoms with Gasteiger partial charge in [-0.1, -0.05) is 271 Å². The van der Waals surface area contributed by atoms with Gasteiger partial charge in [0, 0.05) is 12.8 Å². The number of hydrogen-bond donors (Lipinski definition) is 3. The standard InChI is InChI=1S/C54H106NO10P/c1-3-5-7-9-11-13-15-17-19-21-23-25-26-28-30-32-34-36-38-40-42-44-46-53(57)65-50(48-63-66(60,61)64-49-51(55)54(58)59)47-62-52(56)45-43-41-39-37-35-33-31-29-27-24-22-20-18-16-14-12-10-8-6-4-2/h50-51H,3-49,55H2,1-2H3,(H,58,59)(H,60,61). The Labute approximate surface area is 405 Å². The molecule has 392 valence electrons. The molecule has 66 heavy (non-hydrogen) atoms.